The van der Waals surface area contributed by atoms with E-state index in [9.17, 15) is 0 Å². The highest BCUT2D eigenvalue weighted by Gasteiger charge is 2.11. The number of aliphatic hydroxyl groups is 2. The van der Waals surface area contributed by atoms with Crippen molar-refractivity contribution in [2.24, 2.45) is 0 Å². The first-order valence-electron chi connectivity index (χ1n) is 3.19. The molecule has 2 N–H and O–H groups in total. The molecular formula is C6H14O2S. The van der Waals surface area contributed by atoms with Crippen LogP contribution < -0.4 is 0 Å². The minimum atomic E-state index is -0.659. The predicted molar refractivity (Wildman–Crippen MR) is 40.8 cm³/mol. The summed E-state index contributed by atoms with van der Waals surface area (Å²) >= 11 is 4.08. The van der Waals surface area contributed by atoms with Crippen molar-refractivity contribution in [2.75, 3.05) is 6.61 Å². The molecule has 0 spiro atoms. The van der Waals surface area contributed by atoms with Crippen molar-refractivity contribution in [3.05, 3.63) is 0 Å². The van der Waals surface area contributed by atoms with E-state index in [0.29, 0.717) is 0 Å². The number of thiol groups is 1. The van der Waals surface area contributed by atoms with Gasteiger partial charge in [-0.3, -0.25) is 0 Å². The maximum Gasteiger partial charge on any atom is 0.0886 e. The molecule has 0 saturated heterocycles. The first-order chi connectivity index (χ1) is 4.22. The second-order valence-corrected chi connectivity index (χ2v) is 2.77. The van der Waals surface area contributed by atoms with Crippen LogP contribution in [-0.4, -0.2) is 28.2 Å². The molecule has 0 rings (SSSR count). The lowest BCUT2D eigenvalue weighted by molar-refractivity contribution is 0.0916. The maximum absolute atomic E-state index is 8.93. The van der Waals surface area contributed by atoms with Gasteiger partial charge in [0.25, 0.3) is 0 Å². The number of rotatable bonds is 4. The average molecular weight is 150 g/mol. The third kappa shape index (κ3) is 3.78. The summed E-state index contributed by atoms with van der Waals surface area (Å²) in [6.07, 6.45) is 1.18. The Morgan fingerprint density at radius 1 is 1.56 bits per heavy atom. The van der Waals surface area contributed by atoms with Gasteiger partial charge in [-0.2, -0.15) is 12.6 Å². The summed E-state index contributed by atoms with van der Waals surface area (Å²) in [4.78, 5) is 0. The Kier molecular flexibility index (Phi) is 5.24. The second-order valence-electron chi connectivity index (χ2n) is 2.11. The monoisotopic (exact) mass is 150 g/mol. The van der Waals surface area contributed by atoms with Crippen molar-refractivity contribution in [1.29, 1.82) is 0 Å². The van der Waals surface area contributed by atoms with E-state index in [1.54, 1.807) is 0 Å². The smallest absolute Gasteiger partial charge is 0.0886 e. The fourth-order valence-electron chi connectivity index (χ4n) is 0.610. The lowest BCUT2D eigenvalue weighted by Gasteiger charge is -2.13. The topological polar surface area (TPSA) is 40.5 Å². The van der Waals surface area contributed by atoms with E-state index >= 15 is 0 Å². The van der Waals surface area contributed by atoms with Crippen LogP contribution in [0, 0.1) is 0 Å². The highest BCUT2D eigenvalue weighted by molar-refractivity contribution is 7.81. The fraction of sp³-hybridized carbons (Fsp3) is 1.00. The third-order valence-corrected chi connectivity index (χ3v) is 1.82. The van der Waals surface area contributed by atoms with E-state index in [2.05, 4.69) is 12.6 Å². The molecule has 0 saturated carbocycles. The van der Waals surface area contributed by atoms with Gasteiger partial charge < -0.3 is 10.2 Å². The first-order valence-corrected chi connectivity index (χ1v) is 3.71. The fourth-order valence-corrected chi connectivity index (χ4v) is 0.962. The van der Waals surface area contributed by atoms with E-state index in [0.717, 1.165) is 12.8 Å². The van der Waals surface area contributed by atoms with Gasteiger partial charge in [-0.15, -0.1) is 0 Å². The molecule has 0 aromatic carbocycles. The summed E-state index contributed by atoms with van der Waals surface area (Å²) < 4.78 is 0. The van der Waals surface area contributed by atoms with Crippen LogP contribution >= 0.6 is 12.6 Å². The molecule has 56 valence electrons. The summed E-state index contributed by atoms with van der Waals surface area (Å²) in [6.45, 7) is 1.83. The predicted octanol–water partition coefficient (Wildman–Crippen LogP) is 0.438. The number of hydrogen-bond acceptors (Lipinski definition) is 3. The molecule has 0 radical (unpaired) electrons. The summed E-state index contributed by atoms with van der Waals surface area (Å²) in [7, 11) is 0. The van der Waals surface area contributed by atoms with E-state index in [1.807, 2.05) is 6.92 Å². The van der Waals surface area contributed by atoms with Gasteiger partial charge in [0, 0.05) is 5.25 Å². The second kappa shape index (κ2) is 5.09. The summed E-state index contributed by atoms with van der Waals surface area (Å²) in [5, 5.41) is 17.3. The quantitative estimate of drug-likeness (QED) is 0.509. The Labute approximate surface area is 61.3 Å². The molecule has 0 fully saturated rings. The van der Waals surface area contributed by atoms with Crippen LogP contribution in [0.5, 0.6) is 0 Å². The Morgan fingerprint density at radius 3 is 2.44 bits per heavy atom. The molecule has 0 aliphatic rings. The lowest BCUT2D eigenvalue weighted by atomic mass is 10.2. The van der Waals surface area contributed by atoms with Crippen LogP contribution in [0.4, 0.5) is 0 Å². The van der Waals surface area contributed by atoms with Crippen LogP contribution in [0.3, 0.4) is 0 Å². The molecule has 0 amide bonds. The van der Waals surface area contributed by atoms with Gasteiger partial charge in [-0.1, -0.05) is 13.3 Å². The van der Waals surface area contributed by atoms with Crippen molar-refractivity contribution in [2.45, 2.75) is 31.1 Å². The van der Waals surface area contributed by atoms with E-state index in [1.165, 1.54) is 0 Å². The van der Waals surface area contributed by atoms with Crippen LogP contribution in [0.25, 0.3) is 0 Å². The van der Waals surface area contributed by atoms with Crippen LogP contribution in [-0.2, 0) is 0 Å². The Balaban J connectivity index is 3.32. The molecule has 2 unspecified atom stereocenters. The normalized spacial score (nSPS) is 17.3. The Morgan fingerprint density at radius 2 is 2.11 bits per heavy atom. The van der Waals surface area contributed by atoms with Crippen LogP contribution in [0.1, 0.15) is 19.8 Å². The minimum Gasteiger partial charge on any atom is -0.394 e. The summed E-state index contributed by atoms with van der Waals surface area (Å²) in [5.74, 6) is 0. The third-order valence-electron chi connectivity index (χ3n) is 1.22. The zero-order valence-corrected chi connectivity index (χ0v) is 6.51. The van der Waals surface area contributed by atoms with Crippen LogP contribution in [0.2, 0.25) is 0 Å². The molecule has 0 aliphatic carbocycles. The van der Waals surface area contributed by atoms with Gasteiger partial charge >= 0.3 is 0 Å². The van der Waals surface area contributed by atoms with Crippen molar-refractivity contribution in [3.8, 4) is 0 Å². The molecule has 0 aromatic heterocycles. The van der Waals surface area contributed by atoms with Crippen molar-refractivity contribution in [1.82, 2.24) is 0 Å². The minimum absolute atomic E-state index is 0.0694. The summed E-state index contributed by atoms with van der Waals surface area (Å²) in [6, 6.07) is 0. The first kappa shape index (κ1) is 9.27. The Hall–Kier alpha value is 0.270. The van der Waals surface area contributed by atoms with Crippen LogP contribution in [0.15, 0.2) is 0 Å². The number of aliphatic hydroxyl groups excluding tert-OH is 2. The molecule has 0 heterocycles. The molecule has 3 heteroatoms. The van der Waals surface area contributed by atoms with Gasteiger partial charge in [-0.05, 0) is 6.42 Å². The standard InChI is InChI=1S/C6H14O2S/c1-2-3-6(9)5(8)4-7/h5-9H,2-4H2,1H3. The van der Waals surface area contributed by atoms with Gasteiger partial charge in [-0.25, -0.2) is 0 Å². The molecule has 2 atom stereocenters. The van der Waals surface area contributed by atoms with Crippen molar-refractivity contribution < 1.29 is 10.2 Å². The largest absolute Gasteiger partial charge is 0.394 e. The zero-order valence-electron chi connectivity index (χ0n) is 5.62. The van der Waals surface area contributed by atoms with E-state index < -0.39 is 6.10 Å². The van der Waals surface area contributed by atoms with Gasteiger partial charge in [0.2, 0.25) is 0 Å². The van der Waals surface area contributed by atoms with Crippen molar-refractivity contribution in [3.63, 3.8) is 0 Å². The SMILES string of the molecule is CCCC(S)C(O)CO. The average Bonchev–Trinajstić information content (AvgIpc) is 1.87. The van der Waals surface area contributed by atoms with Gasteiger partial charge in [0.1, 0.15) is 0 Å². The van der Waals surface area contributed by atoms with E-state index in [-0.39, 0.29) is 11.9 Å². The van der Waals surface area contributed by atoms with Gasteiger partial charge in [0.15, 0.2) is 0 Å². The Bertz CT molecular complexity index is 68.1. The van der Waals surface area contributed by atoms with Gasteiger partial charge in [0.05, 0.1) is 12.7 Å². The molecule has 0 bridgehead atoms. The molecule has 2 nitrogen and oxygen atoms in total. The highest BCUT2D eigenvalue weighted by Crippen LogP contribution is 2.08. The molecule has 9 heavy (non-hydrogen) atoms. The lowest BCUT2D eigenvalue weighted by Crippen LogP contribution is -2.24. The molecule has 0 aromatic rings. The molecular weight excluding hydrogens is 136 g/mol. The van der Waals surface area contributed by atoms with E-state index in [4.69, 9.17) is 10.2 Å². The maximum atomic E-state index is 8.93. The zero-order chi connectivity index (χ0) is 7.28. The summed E-state index contributed by atoms with van der Waals surface area (Å²) in [5.41, 5.74) is 0. The van der Waals surface area contributed by atoms with Crippen molar-refractivity contribution >= 4 is 12.6 Å². The highest BCUT2D eigenvalue weighted by atomic mass is 32.1. The molecule has 0 aliphatic heterocycles. The number of hydrogen-bond donors (Lipinski definition) is 3.